The SMILES string of the molecule is CN1CCCC(c2nc3n(c2C=O)CCCN3)C1. The van der Waals surface area contributed by atoms with Crippen molar-refractivity contribution in [2.24, 2.45) is 0 Å². The molecule has 1 aromatic rings. The van der Waals surface area contributed by atoms with Gasteiger partial charge in [0.05, 0.1) is 5.69 Å². The van der Waals surface area contributed by atoms with Crippen LogP contribution in [0.15, 0.2) is 0 Å². The Morgan fingerprint density at radius 1 is 1.39 bits per heavy atom. The highest BCUT2D eigenvalue weighted by Crippen LogP contribution is 2.30. The van der Waals surface area contributed by atoms with E-state index >= 15 is 0 Å². The molecule has 0 amide bonds. The summed E-state index contributed by atoms with van der Waals surface area (Å²) in [7, 11) is 2.14. The summed E-state index contributed by atoms with van der Waals surface area (Å²) in [6.45, 7) is 4.03. The van der Waals surface area contributed by atoms with Gasteiger partial charge in [0.1, 0.15) is 5.69 Å². The summed E-state index contributed by atoms with van der Waals surface area (Å²) in [5.74, 6) is 1.29. The Morgan fingerprint density at radius 3 is 3.06 bits per heavy atom. The summed E-state index contributed by atoms with van der Waals surface area (Å²) in [6, 6.07) is 0. The van der Waals surface area contributed by atoms with E-state index in [9.17, 15) is 4.79 Å². The van der Waals surface area contributed by atoms with Crippen LogP contribution in [0.4, 0.5) is 5.95 Å². The Bertz CT molecular complexity index is 454. The fraction of sp³-hybridized carbons (Fsp3) is 0.692. The first-order valence-electron chi connectivity index (χ1n) is 6.77. The Morgan fingerprint density at radius 2 is 2.28 bits per heavy atom. The molecule has 1 N–H and O–H groups in total. The van der Waals surface area contributed by atoms with Gasteiger partial charge in [-0.15, -0.1) is 0 Å². The van der Waals surface area contributed by atoms with E-state index < -0.39 is 0 Å². The number of carbonyl (C=O) groups is 1. The van der Waals surface area contributed by atoms with E-state index in [-0.39, 0.29) is 0 Å². The lowest BCUT2D eigenvalue weighted by Crippen LogP contribution is -2.31. The smallest absolute Gasteiger partial charge is 0.203 e. The van der Waals surface area contributed by atoms with Crippen molar-refractivity contribution < 1.29 is 4.79 Å². The molecule has 3 rings (SSSR count). The van der Waals surface area contributed by atoms with Crippen LogP contribution >= 0.6 is 0 Å². The fourth-order valence-electron chi connectivity index (χ4n) is 3.10. The lowest BCUT2D eigenvalue weighted by atomic mass is 9.94. The Balaban J connectivity index is 1.95. The highest BCUT2D eigenvalue weighted by atomic mass is 16.1. The van der Waals surface area contributed by atoms with Gasteiger partial charge >= 0.3 is 0 Å². The van der Waals surface area contributed by atoms with Gasteiger partial charge in [0, 0.05) is 25.6 Å². The minimum Gasteiger partial charge on any atom is -0.356 e. The van der Waals surface area contributed by atoms with Gasteiger partial charge in [-0.05, 0) is 32.9 Å². The zero-order valence-electron chi connectivity index (χ0n) is 10.9. The molecule has 1 aromatic heterocycles. The van der Waals surface area contributed by atoms with Crippen molar-refractivity contribution in [1.29, 1.82) is 0 Å². The Hall–Kier alpha value is -1.36. The number of hydrogen-bond acceptors (Lipinski definition) is 4. The Kier molecular flexibility index (Phi) is 3.07. The van der Waals surface area contributed by atoms with Gasteiger partial charge in [0.25, 0.3) is 0 Å². The molecule has 0 bridgehead atoms. The predicted molar refractivity (Wildman–Crippen MR) is 70.2 cm³/mol. The average molecular weight is 248 g/mol. The van der Waals surface area contributed by atoms with Crippen molar-refractivity contribution in [3.05, 3.63) is 11.4 Å². The zero-order valence-corrected chi connectivity index (χ0v) is 10.9. The number of hydrogen-bond donors (Lipinski definition) is 1. The van der Waals surface area contributed by atoms with Crippen LogP contribution in [0.3, 0.4) is 0 Å². The third-order valence-corrected chi connectivity index (χ3v) is 4.00. The molecule has 0 aromatic carbocycles. The number of nitrogens with zero attached hydrogens (tertiary/aromatic N) is 3. The highest BCUT2D eigenvalue weighted by Gasteiger charge is 2.27. The van der Waals surface area contributed by atoms with Crippen LogP contribution in [0.25, 0.3) is 0 Å². The Labute approximate surface area is 107 Å². The van der Waals surface area contributed by atoms with E-state index in [0.29, 0.717) is 5.92 Å². The van der Waals surface area contributed by atoms with E-state index in [2.05, 4.69) is 22.2 Å². The van der Waals surface area contributed by atoms with Gasteiger partial charge in [-0.1, -0.05) is 0 Å². The molecular weight excluding hydrogens is 228 g/mol. The van der Waals surface area contributed by atoms with Crippen molar-refractivity contribution in [1.82, 2.24) is 14.5 Å². The molecule has 5 heteroatoms. The number of nitrogens with one attached hydrogen (secondary N) is 1. The standard InChI is InChI=1S/C13H20N4O/c1-16-6-2-4-10(8-16)12-11(9-18)17-7-3-5-14-13(17)15-12/h9-10H,2-8H2,1H3,(H,14,15). The molecule has 1 saturated heterocycles. The highest BCUT2D eigenvalue weighted by molar-refractivity contribution is 5.76. The number of aldehydes is 1. The number of carbonyl (C=O) groups excluding carboxylic acids is 1. The van der Waals surface area contributed by atoms with Gasteiger partial charge in [0.2, 0.25) is 5.95 Å². The maximum absolute atomic E-state index is 11.4. The minimum absolute atomic E-state index is 0.406. The third kappa shape index (κ3) is 1.92. The maximum Gasteiger partial charge on any atom is 0.203 e. The van der Waals surface area contributed by atoms with Crippen LogP contribution in [0.2, 0.25) is 0 Å². The van der Waals surface area contributed by atoms with Crippen molar-refractivity contribution >= 4 is 12.2 Å². The molecule has 3 heterocycles. The van der Waals surface area contributed by atoms with E-state index in [1.807, 2.05) is 4.57 Å². The minimum atomic E-state index is 0.406. The van der Waals surface area contributed by atoms with Crippen LogP contribution in [-0.2, 0) is 6.54 Å². The van der Waals surface area contributed by atoms with Gasteiger partial charge in [-0.25, -0.2) is 4.98 Å². The molecule has 1 unspecified atom stereocenters. The van der Waals surface area contributed by atoms with Crippen molar-refractivity contribution in [3.63, 3.8) is 0 Å². The number of imidazole rings is 1. The van der Waals surface area contributed by atoms with Crippen molar-refractivity contribution in [2.75, 3.05) is 32.0 Å². The molecule has 0 saturated carbocycles. The topological polar surface area (TPSA) is 50.2 Å². The van der Waals surface area contributed by atoms with E-state index in [1.54, 1.807) is 0 Å². The summed E-state index contributed by atoms with van der Waals surface area (Å²) in [5, 5.41) is 3.29. The molecule has 2 aliphatic heterocycles. The van der Waals surface area contributed by atoms with E-state index in [4.69, 9.17) is 0 Å². The molecule has 0 spiro atoms. The van der Waals surface area contributed by atoms with Gasteiger partial charge < -0.3 is 14.8 Å². The monoisotopic (exact) mass is 248 g/mol. The molecule has 5 nitrogen and oxygen atoms in total. The molecule has 0 radical (unpaired) electrons. The first kappa shape index (κ1) is 11.7. The molecule has 2 aliphatic rings. The quantitative estimate of drug-likeness (QED) is 0.802. The number of likely N-dealkylation sites (N-methyl/N-ethyl adjacent to an activating group) is 1. The summed E-state index contributed by atoms with van der Waals surface area (Å²) in [6.07, 6.45) is 4.37. The second-order valence-corrected chi connectivity index (χ2v) is 5.36. The summed E-state index contributed by atoms with van der Waals surface area (Å²) in [4.78, 5) is 18.4. The second-order valence-electron chi connectivity index (χ2n) is 5.36. The van der Waals surface area contributed by atoms with Gasteiger partial charge in [-0.3, -0.25) is 4.79 Å². The average Bonchev–Trinajstić information content (AvgIpc) is 2.77. The number of anilines is 1. The largest absolute Gasteiger partial charge is 0.356 e. The van der Waals surface area contributed by atoms with Crippen LogP contribution in [-0.4, -0.2) is 47.4 Å². The number of piperidine rings is 1. The molecule has 1 fully saturated rings. The van der Waals surface area contributed by atoms with Crippen LogP contribution < -0.4 is 5.32 Å². The molecule has 1 atom stereocenters. The predicted octanol–water partition coefficient (Wildman–Crippen LogP) is 1.32. The maximum atomic E-state index is 11.4. The lowest BCUT2D eigenvalue weighted by Gasteiger charge is -2.28. The fourth-order valence-corrected chi connectivity index (χ4v) is 3.10. The summed E-state index contributed by atoms with van der Waals surface area (Å²) in [5.41, 5.74) is 1.79. The normalized spacial score (nSPS) is 24.4. The number of likely N-dealkylation sites (tertiary alicyclic amines) is 1. The van der Waals surface area contributed by atoms with E-state index in [1.165, 1.54) is 6.42 Å². The molecule has 18 heavy (non-hydrogen) atoms. The lowest BCUT2D eigenvalue weighted by molar-refractivity contribution is 0.111. The first-order valence-corrected chi connectivity index (χ1v) is 6.77. The van der Waals surface area contributed by atoms with Crippen LogP contribution in [0.5, 0.6) is 0 Å². The van der Waals surface area contributed by atoms with Crippen molar-refractivity contribution in [2.45, 2.75) is 31.7 Å². The van der Waals surface area contributed by atoms with Gasteiger partial charge in [0.15, 0.2) is 6.29 Å². The molecular formula is C13H20N4O. The van der Waals surface area contributed by atoms with Crippen molar-refractivity contribution in [3.8, 4) is 0 Å². The number of fused-ring (bicyclic) bond motifs is 1. The first-order chi connectivity index (χ1) is 8.79. The zero-order chi connectivity index (χ0) is 12.5. The third-order valence-electron chi connectivity index (χ3n) is 4.00. The number of rotatable bonds is 2. The summed E-state index contributed by atoms with van der Waals surface area (Å²) >= 11 is 0. The van der Waals surface area contributed by atoms with Crippen LogP contribution in [0, 0.1) is 0 Å². The van der Waals surface area contributed by atoms with E-state index in [0.717, 1.165) is 62.6 Å². The molecule has 0 aliphatic carbocycles. The summed E-state index contributed by atoms with van der Waals surface area (Å²) < 4.78 is 2.04. The number of aromatic nitrogens is 2. The molecule has 98 valence electrons. The van der Waals surface area contributed by atoms with Crippen LogP contribution in [0.1, 0.15) is 41.4 Å². The second kappa shape index (κ2) is 4.72. The van der Waals surface area contributed by atoms with Gasteiger partial charge in [-0.2, -0.15) is 0 Å².